The van der Waals surface area contributed by atoms with Gasteiger partial charge in [0.05, 0.1) is 5.82 Å². The van der Waals surface area contributed by atoms with Crippen LogP contribution in [-0.2, 0) is 0 Å². The van der Waals surface area contributed by atoms with E-state index in [1.54, 1.807) is 0 Å². The van der Waals surface area contributed by atoms with Crippen molar-refractivity contribution in [2.75, 3.05) is 27.7 Å². The zero-order valence-corrected chi connectivity index (χ0v) is 7.94. The van der Waals surface area contributed by atoms with E-state index in [2.05, 4.69) is 17.1 Å². The van der Waals surface area contributed by atoms with E-state index >= 15 is 0 Å². The third-order valence-corrected chi connectivity index (χ3v) is 1.61. The summed E-state index contributed by atoms with van der Waals surface area (Å²) in [6.45, 7) is 2.81. The minimum atomic E-state index is 0.713. The topological polar surface area (TPSA) is 41.3 Å². The fraction of sp³-hybridized carbons (Fsp3) is 0.750. The second kappa shape index (κ2) is 5.02. The zero-order valence-electron chi connectivity index (χ0n) is 7.94. The molecule has 66 valence electrons. The molecule has 0 unspecified atom stereocenters. The molecule has 0 radical (unpaired) electrons. The average Bonchev–Trinajstić information content (AvgIpc) is 1.88. The smallest absolute Gasteiger partial charge is 0.0994 e. The maximum atomic E-state index is 5.44. The molecule has 0 aliphatic rings. The summed E-state index contributed by atoms with van der Waals surface area (Å²) < 4.78 is 0. The highest BCUT2D eigenvalue weighted by atomic mass is 15.2. The first kappa shape index (κ1) is 10.3. The van der Waals surface area contributed by atoms with Crippen molar-refractivity contribution in [2.24, 2.45) is 5.73 Å². The van der Waals surface area contributed by atoms with E-state index in [0.717, 1.165) is 12.2 Å². The van der Waals surface area contributed by atoms with Gasteiger partial charge in [0.15, 0.2) is 0 Å². The van der Waals surface area contributed by atoms with E-state index in [1.165, 1.54) is 5.57 Å². The molecule has 0 atom stereocenters. The Morgan fingerprint density at radius 3 is 2.27 bits per heavy atom. The number of hydrogen-bond acceptors (Lipinski definition) is 3. The Labute approximate surface area is 69.3 Å². The van der Waals surface area contributed by atoms with Crippen LogP contribution in [0.2, 0.25) is 0 Å². The molecule has 3 nitrogen and oxygen atoms in total. The van der Waals surface area contributed by atoms with Gasteiger partial charge >= 0.3 is 0 Å². The van der Waals surface area contributed by atoms with Crippen LogP contribution in [-0.4, -0.2) is 32.6 Å². The zero-order chi connectivity index (χ0) is 8.85. The molecule has 3 N–H and O–H groups in total. The molecule has 0 aromatic heterocycles. The Hall–Kier alpha value is -0.700. The van der Waals surface area contributed by atoms with Crippen LogP contribution in [0.3, 0.4) is 0 Å². The first-order chi connectivity index (χ1) is 5.13. The quantitative estimate of drug-likeness (QED) is 0.618. The molecule has 0 heterocycles. The molecule has 0 saturated heterocycles. The normalized spacial score (nSPS) is 12.5. The second-order valence-electron chi connectivity index (χ2n) is 2.81. The number of nitrogens with zero attached hydrogens (tertiary/aromatic N) is 1. The van der Waals surface area contributed by atoms with Gasteiger partial charge in [-0.1, -0.05) is 0 Å². The van der Waals surface area contributed by atoms with Crippen LogP contribution in [0.4, 0.5) is 0 Å². The molecule has 11 heavy (non-hydrogen) atoms. The molecule has 0 aromatic rings. The lowest BCUT2D eigenvalue weighted by Gasteiger charge is -2.19. The van der Waals surface area contributed by atoms with Crippen molar-refractivity contribution in [2.45, 2.75) is 13.3 Å². The second-order valence-corrected chi connectivity index (χ2v) is 2.81. The maximum absolute atomic E-state index is 5.44. The van der Waals surface area contributed by atoms with E-state index in [4.69, 9.17) is 5.73 Å². The van der Waals surface area contributed by atoms with E-state index in [-0.39, 0.29) is 0 Å². The third kappa shape index (κ3) is 3.28. The van der Waals surface area contributed by atoms with Crippen LogP contribution in [0.25, 0.3) is 0 Å². The molecule has 0 bridgehead atoms. The monoisotopic (exact) mass is 157 g/mol. The van der Waals surface area contributed by atoms with Gasteiger partial charge in [-0.15, -0.1) is 0 Å². The van der Waals surface area contributed by atoms with Gasteiger partial charge < -0.3 is 16.0 Å². The molecular weight excluding hydrogens is 138 g/mol. The fourth-order valence-corrected chi connectivity index (χ4v) is 1.15. The Morgan fingerprint density at radius 2 is 2.00 bits per heavy atom. The summed E-state index contributed by atoms with van der Waals surface area (Å²) in [6.07, 6.45) is 0.953. The molecular formula is C8H19N3. The number of rotatable bonds is 4. The van der Waals surface area contributed by atoms with E-state index < -0.39 is 0 Å². The Balaban J connectivity index is 4.27. The summed E-state index contributed by atoms with van der Waals surface area (Å²) in [5.41, 5.74) is 6.75. The minimum Gasteiger partial charge on any atom is -0.375 e. The molecule has 0 rings (SSSR count). The van der Waals surface area contributed by atoms with Crippen LogP contribution in [0.1, 0.15) is 13.3 Å². The first-order valence-corrected chi connectivity index (χ1v) is 3.88. The lowest BCUT2D eigenvalue weighted by Crippen LogP contribution is -2.24. The van der Waals surface area contributed by atoms with Gasteiger partial charge in [-0.2, -0.15) is 0 Å². The minimum absolute atomic E-state index is 0.713. The van der Waals surface area contributed by atoms with Crippen LogP contribution in [0.5, 0.6) is 0 Å². The van der Waals surface area contributed by atoms with Crippen LogP contribution in [0, 0.1) is 0 Å². The van der Waals surface area contributed by atoms with E-state index in [0.29, 0.717) is 6.54 Å². The SMILES string of the molecule is CNC(=C(C)CCN)N(C)C. The molecule has 0 amide bonds. The van der Waals surface area contributed by atoms with Gasteiger partial charge in [-0.05, 0) is 25.5 Å². The van der Waals surface area contributed by atoms with Crippen molar-refractivity contribution in [1.82, 2.24) is 10.2 Å². The molecule has 0 fully saturated rings. The largest absolute Gasteiger partial charge is 0.375 e. The molecule has 0 saturated carbocycles. The first-order valence-electron chi connectivity index (χ1n) is 3.88. The summed E-state index contributed by atoms with van der Waals surface area (Å²) in [6, 6.07) is 0. The highest BCUT2D eigenvalue weighted by molar-refractivity contribution is 5.08. The highest BCUT2D eigenvalue weighted by Crippen LogP contribution is 2.05. The van der Waals surface area contributed by atoms with E-state index in [9.17, 15) is 0 Å². The molecule has 0 spiro atoms. The predicted molar refractivity (Wildman–Crippen MR) is 49.1 cm³/mol. The van der Waals surface area contributed by atoms with Crippen molar-refractivity contribution in [1.29, 1.82) is 0 Å². The Morgan fingerprint density at radius 1 is 1.45 bits per heavy atom. The summed E-state index contributed by atoms with van der Waals surface area (Å²) in [7, 11) is 5.97. The Bertz CT molecular complexity index is 138. The lowest BCUT2D eigenvalue weighted by molar-refractivity contribution is 0.465. The van der Waals surface area contributed by atoms with E-state index in [1.807, 2.05) is 21.1 Å². The highest BCUT2D eigenvalue weighted by Gasteiger charge is 2.00. The molecule has 3 heteroatoms. The fourth-order valence-electron chi connectivity index (χ4n) is 1.15. The molecule has 0 aliphatic heterocycles. The van der Waals surface area contributed by atoms with Gasteiger partial charge in [0, 0.05) is 21.1 Å². The van der Waals surface area contributed by atoms with Gasteiger partial charge in [-0.3, -0.25) is 0 Å². The van der Waals surface area contributed by atoms with Crippen molar-refractivity contribution < 1.29 is 0 Å². The van der Waals surface area contributed by atoms with Crippen molar-refractivity contribution in [3.05, 3.63) is 11.4 Å². The number of nitrogens with one attached hydrogen (secondary N) is 1. The predicted octanol–water partition coefficient (Wildman–Crippen LogP) is 0.348. The lowest BCUT2D eigenvalue weighted by atomic mass is 10.2. The van der Waals surface area contributed by atoms with Gasteiger partial charge in [-0.25, -0.2) is 0 Å². The van der Waals surface area contributed by atoms with Crippen molar-refractivity contribution in [3.63, 3.8) is 0 Å². The number of hydrogen-bond donors (Lipinski definition) is 2. The van der Waals surface area contributed by atoms with Crippen molar-refractivity contribution in [3.8, 4) is 0 Å². The third-order valence-electron chi connectivity index (χ3n) is 1.61. The summed E-state index contributed by atoms with van der Waals surface area (Å²) in [5, 5.41) is 3.14. The summed E-state index contributed by atoms with van der Waals surface area (Å²) in [5.74, 6) is 1.16. The van der Waals surface area contributed by atoms with Gasteiger partial charge in [0.2, 0.25) is 0 Å². The summed E-state index contributed by atoms with van der Waals surface area (Å²) >= 11 is 0. The maximum Gasteiger partial charge on any atom is 0.0994 e. The standard InChI is InChI=1S/C8H19N3/c1-7(5-6-9)8(10-2)11(3)4/h10H,5-6,9H2,1-4H3. The van der Waals surface area contributed by atoms with Gasteiger partial charge in [0.25, 0.3) is 0 Å². The average molecular weight is 157 g/mol. The van der Waals surface area contributed by atoms with Gasteiger partial charge in [0.1, 0.15) is 0 Å². The van der Waals surface area contributed by atoms with Crippen LogP contribution >= 0.6 is 0 Å². The van der Waals surface area contributed by atoms with Crippen LogP contribution in [0.15, 0.2) is 11.4 Å². The molecule has 0 aromatic carbocycles. The van der Waals surface area contributed by atoms with Crippen LogP contribution < -0.4 is 11.1 Å². The van der Waals surface area contributed by atoms with Crippen molar-refractivity contribution >= 4 is 0 Å². The number of nitrogens with two attached hydrogens (primary N) is 1. The molecule has 0 aliphatic carbocycles. The summed E-state index contributed by atoms with van der Waals surface area (Å²) in [4.78, 5) is 2.06. The Kier molecular flexibility index (Phi) is 4.70.